The zero-order valence-electron chi connectivity index (χ0n) is 14.0. The van der Waals surface area contributed by atoms with Gasteiger partial charge < -0.3 is 19.4 Å². The van der Waals surface area contributed by atoms with Gasteiger partial charge in [0.1, 0.15) is 11.5 Å². The van der Waals surface area contributed by atoms with Crippen molar-refractivity contribution in [2.75, 3.05) is 7.11 Å². The van der Waals surface area contributed by atoms with Crippen molar-refractivity contribution in [2.45, 2.75) is 6.54 Å². The molecule has 25 heavy (non-hydrogen) atoms. The van der Waals surface area contributed by atoms with Crippen molar-refractivity contribution in [3.8, 4) is 11.5 Å². The van der Waals surface area contributed by atoms with Crippen molar-refractivity contribution in [3.63, 3.8) is 0 Å². The number of nitrogens with one attached hydrogen (secondary N) is 1. The van der Waals surface area contributed by atoms with Crippen molar-refractivity contribution in [3.05, 3.63) is 59.8 Å². The van der Waals surface area contributed by atoms with Gasteiger partial charge in [-0.15, -0.1) is 0 Å². The third-order valence-electron chi connectivity index (χ3n) is 3.93. The quantitative estimate of drug-likeness (QED) is 0.725. The van der Waals surface area contributed by atoms with Gasteiger partial charge in [0.05, 0.1) is 18.0 Å². The van der Waals surface area contributed by atoms with Crippen molar-refractivity contribution >= 4 is 23.3 Å². The summed E-state index contributed by atoms with van der Waals surface area (Å²) in [6.07, 6.45) is 1.88. The van der Waals surface area contributed by atoms with Gasteiger partial charge in [0.25, 0.3) is 0 Å². The molecule has 0 fully saturated rings. The highest BCUT2D eigenvalue weighted by atomic mass is 16.6. The Labute approximate surface area is 145 Å². The minimum absolute atomic E-state index is 0.328. The number of carbonyl (C=O) groups is 2. The number of aldehydes is 1. The molecule has 1 amide bonds. The van der Waals surface area contributed by atoms with E-state index in [1.165, 1.54) is 0 Å². The first-order valence-electron chi connectivity index (χ1n) is 7.74. The smallest absolute Gasteiger partial charge is 0.412 e. The average molecular weight is 338 g/mol. The number of amides is 1. The first-order valence-corrected chi connectivity index (χ1v) is 7.74. The number of ether oxygens (including phenoxy) is 2. The highest BCUT2D eigenvalue weighted by molar-refractivity contribution is 6.02. The highest BCUT2D eigenvalue weighted by Gasteiger charge is 2.14. The van der Waals surface area contributed by atoms with Gasteiger partial charge in [-0.25, -0.2) is 4.79 Å². The molecule has 0 saturated carbocycles. The number of methoxy groups -OCH3 is 1. The topological polar surface area (TPSA) is 69.6 Å². The Morgan fingerprint density at radius 1 is 1.20 bits per heavy atom. The molecule has 1 aromatic heterocycles. The van der Waals surface area contributed by atoms with Gasteiger partial charge >= 0.3 is 6.09 Å². The zero-order chi connectivity index (χ0) is 17.8. The number of aryl methyl sites for hydroxylation is 1. The van der Waals surface area contributed by atoms with E-state index in [1.54, 1.807) is 25.4 Å². The number of nitrogens with zero attached hydrogens (tertiary/aromatic N) is 1. The lowest BCUT2D eigenvalue weighted by Crippen LogP contribution is -2.26. The first kappa shape index (κ1) is 16.6. The van der Waals surface area contributed by atoms with Crippen LogP contribution in [0.25, 0.3) is 10.9 Å². The number of rotatable bonds is 5. The van der Waals surface area contributed by atoms with Gasteiger partial charge in [0, 0.05) is 25.4 Å². The molecule has 1 heterocycles. The summed E-state index contributed by atoms with van der Waals surface area (Å²) in [5, 5.41) is 3.32. The summed E-state index contributed by atoms with van der Waals surface area (Å²) in [7, 11) is 3.44. The van der Waals surface area contributed by atoms with E-state index >= 15 is 0 Å². The SMILES string of the molecule is COc1ccc(CNC(=O)Oc2cccc3c2c(C=O)cn3C)cc1. The molecular weight excluding hydrogens is 320 g/mol. The van der Waals surface area contributed by atoms with Crippen LogP contribution in [0.15, 0.2) is 48.7 Å². The number of hydrogen-bond donors (Lipinski definition) is 1. The number of benzene rings is 2. The third kappa shape index (κ3) is 3.47. The fraction of sp³-hybridized carbons (Fsp3) is 0.158. The van der Waals surface area contributed by atoms with Crippen molar-refractivity contribution < 1.29 is 19.1 Å². The van der Waals surface area contributed by atoms with E-state index in [0.29, 0.717) is 23.2 Å². The molecule has 0 aliphatic rings. The standard InChI is InChI=1S/C19H18N2O4/c1-21-11-14(12-22)18-16(21)4-3-5-17(18)25-19(23)20-10-13-6-8-15(24-2)9-7-13/h3-9,11-12H,10H2,1-2H3,(H,20,23). The summed E-state index contributed by atoms with van der Waals surface area (Å²) in [4.78, 5) is 23.4. The first-order chi connectivity index (χ1) is 12.1. The molecule has 1 N–H and O–H groups in total. The van der Waals surface area contributed by atoms with E-state index in [4.69, 9.17) is 9.47 Å². The van der Waals surface area contributed by atoms with E-state index in [-0.39, 0.29) is 0 Å². The monoisotopic (exact) mass is 338 g/mol. The second-order valence-electron chi connectivity index (χ2n) is 5.55. The molecule has 0 radical (unpaired) electrons. The summed E-state index contributed by atoms with van der Waals surface area (Å²) < 4.78 is 12.3. The average Bonchev–Trinajstić information content (AvgIpc) is 2.97. The van der Waals surface area contributed by atoms with Crippen LogP contribution in [0, 0.1) is 0 Å². The fourth-order valence-corrected chi connectivity index (χ4v) is 2.67. The predicted octanol–water partition coefficient (Wildman–Crippen LogP) is 3.29. The Morgan fingerprint density at radius 2 is 1.96 bits per heavy atom. The van der Waals surface area contributed by atoms with Gasteiger partial charge in [0.15, 0.2) is 6.29 Å². The second kappa shape index (κ2) is 7.09. The van der Waals surface area contributed by atoms with Crippen LogP contribution in [0.4, 0.5) is 4.79 Å². The van der Waals surface area contributed by atoms with E-state index in [0.717, 1.165) is 23.1 Å². The van der Waals surface area contributed by atoms with Crippen LogP contribution in [0.5, 0.6) is 11.5 Å². The Kier molecular flexibility index (Phi) is 4.70. The number of hydrogen-bond acceptors (Lipinski definition) is 4. The van der Waals surface area contributed by atoms with E-state index < -0.39 is 6.09 Å². The third-order valence-corrected chi connectivity index (χ3v) is 3.93. The van der Waals surface area contributed by atoms with E-state index in [1.807, 2.05) is 41.9 Å². The molecule has 0 unspecified atom stereocenters. The van der Waals surface area contributed by atoms with Crippen LogP contribution in [0.2, 0.25) is 0 Å². The molecule has 0 aliphatic heterocycles. The number of fused-ring (bicyclic) bond motifs is 1. The molecule has 0 atom stereocenters. The number of aromatic nitrogens is 1. The fourth-order valence-electron chi connectivity index (χ4n) is 2.67. The lowest BCUT2D eigenvalue weighted by Gasteiger charge is -2.09. The predicted molar refractivity (Wildman–Crippen MR) is 94.2 cm³/mol. The minimum atomic E-state index is -0.580. The number of carbonyl (C=O) groups excluding carboxylic acids is 2. The molecule has 128 valence electrons. The van der Waals surface area contributed by atoms with Crippen LogP contribution < -0.4 is 14.8 Å². The van der Waals surface area contributed by atoms with E-state index in [2.05, 4.69) is 5.32 Å². The van der Waals surface area contributed by atoms with Crippen LogP contribution in [-0.2, 0) is 13.6 Å². The molecule has 3 aromatic rings. The van der Waals surface area contributed by atoms with Crippen molar-refractivity contribution in [1.29, 1.82) is 0 Å². The molecule has 6 heteroatoms. The summed E-state index contributed by atoms with van der Waals surface area (Å²) in [5.41, 5.74) is 2.22. The van der Waals surface area contributed by atoms with Crippen LogP contribution in [-0.4, -0.2) is 24.1 Å². The normalized spacial score (nSPS) is 10.5. The van der Waals surface area contributed by atoms with Crippen LogP contribution >= 0.6 is 0 Å². The Bertz CT molecular complexity index is 913. The van der Waals surface area contributed by atoms with Gasteiger partial charge in [-0.05, 0) is 29.8 Å². The molecule has 0 bridgehead atoms. The molecule has 2 aromatic carbocycles. The summed E-state index contributed by atoms with van der Waals surface area (Å²) in [5.74, 6) is 1.11. The molecule has 3 rings (SSSR count). The van der Waals surface area contributed by atoms with Crippen LogP contribution in [0.1, 0.15) is 15.9 Å². The van der Waals surface area contributed by atoms with Gasteiger partial charge in [-0.1, -0.05) is 18.2 Å². The highest BCUT2D eigenvalue weighted by Crippen LogP contribution is 2.29. The Balaban J connectivity index is 1.72. The Hall–Kier alpha value is -3.28. The molecule has 6 nitrogen and oxygen atoms in total. The summed E-state index contributed by atoms with van der Waals surface area (Å²) in [6, 6.07) is 12.7. The van der Waals surface area contributed by atoms with Crippen molar-refractivity contribution in [2.24, 2.45) is 7.05 Å². The molecular formula is C19H18N2O4. The van der Waals surface area contributed by atoms with Crippen LogP contribution in [0.3, 0.4) is 0 Å². The van der Waals surface area contributed by atoms with Gasteiger partial charge in [-0.3, -0.25) is 4.79 Å². The largest absolute Gasteiger partial charge is 0.497 e. The lowest BCUT2D eigenvalue weighted by atomic mass is 10.1. The summed E-state index contributed by atoms with van der Waals surface area (Å²) >= 11 is 0. The minimum Gasteiger partial charge on any atom is -0.497 e. The maximum absolute atomic E-state index is 12.1. The zero-order valence-corrected chi connectivity index (χ0v) is 14.0. The lowest BCUT2D eigenvalue weighted by molar-refractivity contribution is 0.112. The van der Waals surface area contributed by atoms with Crippen molar-refractivity contribution in [1.82, 2.24) is 9.88 Å². The molecule has 0 aliphatic carbocycles. The van der Waals surface area contributed by atoms with E-state index in [9.17, 15) is 9.59 Å². The van der Waals surface area contributed by atoms with Gasteiger partial charge in [-0.2, -0.15) is 0 Å². The molecule has 0 saturated heterocycles. The van der Waals surface area contributed by atoms with Gasteiger partial charge in [0.2, 0.25) is 0 Å². The maximum atomic E-state index is 12.1. The Morgan fingerprint density at radius 3 is 2.64 bits per heavy atom. The summed E-state index contributed by atoms with van der Waals surface area (Å²) in [6.45, 7) is 0.328. The maximum Gasteiger partial charge on any atom is 0.412 e. The molecule has 0 spiro atoms. The second-order valence-corrected chi connectivity index (χ2v) is 5.55.